The monoisotopic (exact) mass is 465 g/mol. The molecule has 0 saturated carbocycles. The molecular formula is C25H31N5O2S. The Morgan fingerprint density at radius 1 is 1.00 bits per heavy atom. The van der Waals surface area contributed by atoms with Crippen molar-refractivity contribution in [3.8, 4) is 0 Å². The molecule has 2 aromatic carbocycles. The van der Waals surface area contributed by atoms with Crippen LogP contribution in [0.4, 0.5) is 23.1 Å². The van der Waals surface area contributed by atoms with Crippen LogP contribution in [0, 0.1) is 5.92 Å². The Morgan fingerprint density at radius 2 is 1.76 bits per heavy atom. The van der Waals surface area contributed by atoms with Crippen LogP contribution in [0.25, 0.3) is 0 Å². The first-order chi connectivity index (χ1) is 15.9. The quantitative estimate of drug-likeness (QED) is 0.176. The van der Waals surface area contributed by atoms with Crippen LogP contribution in [-0.2, 0) is 4.74 Å². The van der Waals surface area contributed by atoms with Crippen molar-refractivity contribution in [1.29, 1.82) is 0 Å². The van der Waals surface area contributed by atoms with E-state index in [0.717, 1.165) is 23.5 Å². The Kier molecular flexibility index (Phi) is 9.09. The molecule has 0 bridgehead atoms. The molecule has 1 heterocycles. The maximum Gasteiger partial charge on any atom is 0.340 e. The number of carbonyl (C=O) groups is 1. The van der Waals surface area contributed by atoms with E-state index in [1.807, 2.05) is 50.2 Å². The number of rotatable bonds is 11. The number of carbonyl (C=O) groups excluding carboxylic acids is 1. The first-order valence-corrected chi connectivity index (χ1v) is 11.9. The molecule has 3 aromatic rings. The van der Waals surface area contributed by atoms with Crippen LogP contribution in [0.15, 0.2) is 65.7 Å². The molecule has 174 valence electrons. The minimum Gasteiger partial charge on any atom is -0.459 e. The molecule has 0 aliphatic heterocycles. The lowest BCUT2D eigenvalue weighted by Crippen LogP contribution is -2.13. The molecule has 1 aromatic heterocycles. The summed E-state index contributed by atoms with van der Waals surface area (Å²) in [6.45, 7) is 9.07. The third-order valence-electron chi connectivity index (χ3n) is 4.53. The van der Waals surface area contributed by atoms with Gasteiger partial charge in [0.2, 0.25) is 5.95 Å². The second-order valence-corrected chi connectivity index (χ2v) is 9.18. The molecule has 33 heavy (non-hydrogen) atoms. The molecule has 0 fully saturated rings. The topological polar surface area (TPSA) is 88.2 Å². The smallest absolute Gasteiger partial charge is 0.340 e. The minimum atomic E-state index is -0.378. The van der Waals surface area contributed by atoms with Crippen LogP contribution < -0.4 is 15.4 Å². The van der Waals surface area contributed by atoms with E-state index in [0.29, 0.717) is 28.9 Å². The van der Waals surface area contributed by atoms with Gasteiger partial charge in [-0.1, -0.05) is 26.0 Å². The number of esters is 1. The van der Waals surface area contributed by atoms with Gasteiger partial charge in [0.1, 0.15) is 5.82 Å². The number of ether oxygens (including phenoxy) is 1. The minimum absolute atomic E-state index is 0.194. The fourth-order valence-electron chi connectivity index (χ4n) is 2.89. The van der Waals surface area contributed by atoms with Gasteiger partial charge in [0, 0.05) is 23.3 Å². The Morgan fingerprint density at radius 3 is 2.48 bits per heavy atom. The SMILES string of the molecule is CC(C)CCNSc1ccc(Nc2nccc(Nc3ccccc3C(=O)OC(C)C)n2)cc1. The van der Waals surface area contributed by atoms with Crippen LogP contribution in [0.2, 0.25) is 0 Å². The predicted molar refractivity (Wildman–Crippen MR) is 135 cm³/mol. The summed E-state index contributed by atoms with van der Waals surface area (Å²) >= 11 is 1.63. The number of benzene rings is 2. The number of nitrogens with zero attached hydrogens (tertiary/aromatic N) is 2. The summed E-state index contributed by atoms with van der Waals surface area (Å²) in [6.07, 6.45) is 2.62. The van der Waals surface area contributed by atoms with Gasteiger partial charge in [-0.15, -0.1) is 0 Å². The number of anilines is 4. The van der Waals surface area contributed by atoms with E-state index in [1.165, 1.54) is 0 Å². The summed E-state index contributed by atoms with van der Waals surface area (Å²) in [4.78, 5) is 22.4. The van der Waals surface area contributed by atoms with Crippen molar-refractivity contribution in [3.05, 3.63) is 66.4 Å². The van der Waals surface area contributed by atoms with Crippen molar-refractivity contribution in [2.75, 3.05) is 17.2 Å². The summed E-state index contributed by atoms with van der Waals surface area (Å²) in [5.74, 6) is 1.34. The molecule has 0 aliphatic carbocycles. The van der Waals surface area contributed by atoms with E-state index < -0.39 is 0 Å². The van der Waals surface area contributed by atoms with Gasteiger partial charge < -0.3 is 15.4 Å². The third kappa shape index (κ3) is 8.07. The van der Waals surface area contributed by atoms with Crippen molar-refractivity contribution < 1.29 is 9.53 Å². The molecule has 3 rings (SSSR count). The Bertz CT molecular complexity index is 1040. The summed E-state index contributed by atoms with van der Waals surface area (Å²) in [5.41, 5.74) is 1.97. The van der Waals surface area contributed by atoms with Crippen molar-refractivity contribution in [2.45, 2.75) is 45.1 Å². The van der Waals surface area contributed by atoms with Crippen LogP contribution in [-0.4, -0.2) is 28.6 Å². The highest BCUT2D eigenvalue weighted by Crippen LogP contribution is 2.23. The molecule has 0 spiro atoms. The number of nitrogens with one attached hydrogen (secondary N) is 3. The number of aromatic nitrogens is 2. The van der Waals surface area contributed by atoms with E-state index in [9.17, 15) is 4.79 Å². The van der Waals surface area contributed by atoms with E-state index in [4.69, 9.17) is 4.74 Å². The molecule has 0 saturated heterocycles. The summed E-state index contributed by atoms with van der Waals surface area (Å²) in [5, 5.41) is 6.41. The Hall–Kier alpha value is -3.10. The first kappa shape index (κ1) is 24.5. The van der Waals surface area contributed by atoms with Gasteiger partial charge >= 0.3 is 5.97 Å². The molecule has 7 nitrogen and oxygen atoms in total. The van der Waals surface area contributed by atoms with Crippen LogP contribution in [0.5, 0.6) is 0 Å². The molecule has 0 amide bonds. The Labute approximate surface area is 199 Å². The highest BCUT2D eigenvalue weighted by molar-refractivity contribution is 7.97. The fourth-order valence-corrected chi connectivity index (χ4v) is 3.55. The summed E-state index contributed by atoms with van der Waals surface area (Å²) in [6, 6.07) is 17.0. The molecule has 8 heteroatoms. The zero-order valence-corrected chi connectivity index (χ0v) is 20.3. The maximum atomic E-state index is 12.4. The van der Waals surface area contributed by atoms with E-state index >= 15 is 0 Å². The van der Waals surface area contributed by atoms with Crippen molar-refractivity contribution in [1.82, 2.24) is 14.7 Å². The molecule has 0 aliphatic rings. The molecule has 3 N–H and O–H groups in total. The Balaban J connectivity index is 1.62. The van der Waals surface area contributed by atoms with Gasteiger partial charge in [0.05, 0.1) is 17.4 Å². The van der Waals surface area contributed by atoms with Crippen molar-refractivity contribution in [2.24, 2.45) is 5.92 Å². The van der Waals surface area contributed by atoms with E-state index in [2.05, 4.69) is 39.2 Å². The average molecular weight is 466 g/mol. The zero-order chi connectivity index (χ0) is 23.6. The van der Waals surface area contributed by atoms with Gasteiger partial charge in [-0.3, -0.25) is 4.72 Å². The molecule has 0 atom stereocenters. The standard InChI is InChI=1S/C25H31N5O2S/c1-17(2)13-16-27-33-20-11-9-19(10-12-20)28-25-26-15-14-23(30-25)29-22-8-6-5-7-21(22)24(31)32-18(3)4/h5-12,14-15,17-18,27H,13,16H2,1-4H3,(H2,26,28,29,30). The van der Waals surface area contributed by atoms with Gasteiger partial charge in [-0.2, -0.15) is 4.98 Å². The number of para-hydroxylation sites is 1. The zero-order valence-electron chi connectivity index (χ0n) is 19.5. The average Bonchev–Trinajstić information content (AvgIpc) is 2.78. The molecular weight excluding hydrogens is 434 g/mol. The van der Waals surface area contributed by atoms with E-state index in [1.54, 1.807) is 36.3 Å². The second-order valence-electron chi connectivity index (χ2n) is 8.22. The normalized spacial score (nSPS) is 11.0. The first-order valence-electron chi connectivity index (χ1n) is 11.1. The van der Waals surface area contributed by atoms with Gasteiger partial charge in [0.15, 0.2) is 0 Å². The van der Waals surface area contributed by atoms with Crippen LogP contribution >= 0.6 is 11.9 Å². The van der Waals surface area contributed by atoms with Crippen molar-refractivity contribution >= 4 is 41.1 Å². The second kappa shape index (κ2) is 12.2. The number of hydrogen-bond donors (Lipinski definition) is 3. The summed E-state index contributed by atoms with van der Waals surface area (Å²) < 4.78 is 8.72. The number of hydrogen-bond acceptors (Lipinski definition) is 8. The van der Waals surface area contributed by atoms with Gasteiger partial charge in [-0.25, -0.2) is 9.78 Å². The predicted octanol–water partition coefficient (Wildman–Crippen LogP) is 6.17. The maximum absolute atomic E-state index is 12.4. The lowest BCUT2D eigenvalue weighted by molar-refractivity contribution is 0.0379. The fraction of sp³-hybridized carbons (Fsp3) is 0.320. The highest BCUT2D eigenvalue weighted by atomic mass is 32.2. The van der Waals surface area contributed by atoms with Crippen LogP contribution in [0.1, 0.15) is 44.5 Å². The van der Waals surface area contributed by atoms with Crippen LogP contribution in [0.3, 0.4) is 0 Å². The van der Waals surface area contributed by atoms with Gasteiger partial charge in [0.25, 0.3) is 0 Å². The third-order valence-corrected chi connectivity index (χ3v) is 5.39. The lowest BCUT2D eigenvalue weighted by Gasteiger charge is -2.13. The summed E-state index contributed by atoms with van der Waals surface area (Å²) in [7, 11) is 0. The lowest BCUT2D eigenvalue weighted by atomic mass is 10.1. The van der Waals surface area contributed by atoms with Gasteiger partial charge in [-0.05, 0) is 80.6 Å². The molecule has 0 radical (unpaired) electrons. The van der Waals surface area contributed by atoms with Crippen molar-refractivity contribution in [3.63, 3.8) is 0 Å². The molecule has 0 unspecified atom stereocenters. The highest BCUT2D eigenvalue weighted by Gasteiger charge is 2.14. The largest absolute Gasteiger partial charge is 0.459 e. The van der Waals surface area contributed by atoms with E-state index in [-0.39, 0.29) is 12.1 Å².